The third kappa shape index (κ3) is 2.31. The summed E-state index contributed by atoms with van der Waals surface area (Å²) in [5, 5.41) is 9.33. The lowest BCUT2D eigenvalue weighted by Crippen LogP contribution is -2.40. The molecule has 23 heavy (non-hydrogen) atoms. The Bertz CT molecular complexity index is 912. The third-order valence-electron chi connectivity index (χ3n) is 4.22. The molecule has 0 saturated carbocycles. The third-order valence-corrected chi connectivity index (χ3v) is 5.18. The molecular formula is C16H17N5OS. The molecule has 1 aliphatic rings. The van der Waals surface area contributed by atoms with E-state index in [1.165, 1.54) is 0 Å². The molecule has 1 atom stereocenters. The van der Waals surface area contributed by atoms with Crippen molar-refractivity contribution in [2.45, 2.75) is 33.4 Å². The monoisotopic (exact) mass is 327 g/mol. The molecule has 0 aliphatic carbocycles. The van der Waals surface area contributed by atoms with Crippen molar-refractivity contribution in [1.82, 2.24) is 24.6 Å². The molecule has 6 nitrogen and oxygen atoms in total. The Morgan fingerprint density at radius 3 is 2.96 bits per heavy atom. The lowest BCUT2D eigenvalue weighted by molar-refractivity contribution is 0.0680. The van der Waals surface area contributed by atoms with Crippen molar-refractivity contribution in [2.24, 2.45) is 0 Å². The summed E-state index contributed by atoms with van der Waals surface area (Å²) < 4.78 is 3.22. The predicted molar refractivity (Wildman–Crippen MR) is 88.6 cm³/mol. The van der Waals surface area contributed by atoms with E-state index >= 15 is 0 Å². The number of rotatable bonds is 1. The van der Waals surface area contributed by atoms with Gasteiger partial charge in [-0.2, -0.15) is 0 Å². The molecule has 1 amide bonds. The summed E-state index contributed by atoms with van der Waals surface area (Å²) in [6.45, 7) is 7.18. The molecule has 0 N–H and O–H groups in total. The van der Waals surface area contributed by atoms with Gasteiger partial charge in [-0.25, -0.2) is 4.98 Å². The van der Waals surface area contributed by atoms with Crippen molar-refractivity contribution in [1.29, 1.82) is 0 Å². The Morgan fingerprint density at radius 1 is 1.30 bits per heavy atom. The van der Waals surface area contributed by atoms with Gasteiger partial charge in [0.15, 0.2) is 5.82 Å². The number of benzene rings is 1. The van der Waals surface area contributed by atoms with Crippen molar-refractivity contribution in [2.75, 3.05) is 6.54 Å². The number of carbonyl (C=O) groups excluding carboxylic acids is 1. The first kappa shape index (κ1) is 14.3. The highest BCUT2D eigenvalue weighted by molar-refractivity contribution is 7.18. The van der Waals surface area contributed by atoms with E-state index in [1.807, 2.05) is 36.9 Å². The Kier molecular flexibility index (Phi) is 3.19. The van der Waals surface area contributed by atoms with Gasteiger partial charge < -0.3 is 9.47 Å². The maximum absolute atomic E-state index is 12.9. The summed E-state index contributed by atoms with van der Waals surface area (Å²) >= 11 is 1.64. The van der Waals surface area contributed by atoms with Crippen LogP contribution >= 0.6 is 11.3 Å². The van der Waals surface area contributed by atoms with Crippen molar-refractivity contribution < 1.29 is 4.79 Å². The molecule has 4 rings (SSSR count). The van der Waals surface area contributed by atoms with Gasteiger partial charge in [0.05, 0.1) is 27.8 Å². The van der Waals surface area contributed by atoms with E-state index in [0.717, 1.165) is 26.9 Å². The topological polar surface area (TPSA) is 63.9 Å². The minimum Gasteiger partial charge on any atom is -0.329 e. The van der Waals surface area contributed by atoms with E-state index in [0.29, 0.717) is 18.7 Å². The standard InChI is InChI=1S/C16H17N5OS/c1-9-7-20(8-15-19-18-10(2)21(9)15)16(22)12-4-5-14-13(6-12)17-11(3)23-14/h4-6,9H,7-8H2,1-3H3/t9-/m1/s1. The van der Waals surface area contributed by atoms with E-state index < -0.39 is 0 Å². The summed E-state index contributed by atoms with van der Waals surface area (Å²) in [7, 11) is 0. The molecule has 7 heteroatoms. The van der Waals surface area contributed by atoms with Crippen LogP contribution in [0, 0.1) is 13.8 Å². The van der Waals surface area contributed by atoms with E-state index in [4.69, 9.17) is 0 Å². The number of aryl methyl sites for hydroxylation is 2. The number of hydrogen-bond acceptors (Lipinski definition) is 5. The van der Waals surface area contributed by atoms with Crippen molar-refractivity contribution >= 4 is 27.5 Å². The molecule has 3 aromatic rings. The zero-order chi connectivity index (χ0) is 16.1. The molecule has 0 radical (unpaired) electrons. The lowest BCUT2D eigenvalue weighted by atomic mass is 10.1. The smallest absolute Gasteiger partial charge is 0.254 e. The van der Waals surface area contributed by atoms with Gasteiger partial charge in [0.2, 0.25) is 0 Å². The first-order valence-corrected chi connectivity index (χ1v) is 8.41. The number of carbonyl (C=O) groups is 1. The average molecular weight is 327 g/mol. The molecule has 1 aromatic carbocycles. The van der Waals surface area contributed by atoms with Crippen LogP contribution in [0.3, 0.4) is 0 Å². The van der Waals surface area contributed by atoms with Gasteiger partial charge >= 0.3 is 0 Å². The molecule has 3 heterocycles. The second kappa shape index (κ2) is 5.13. The van der Waals surface area contributed by atoms with E-state index in [-0.39, 0.29) is 11.9 Å². The number of amides is 1. The minimum atomic E-state index is 0.0244. The maximum Gasteiger partial charge on any atom is 0.254 e. The lowest BCUT2D eigenvalue weighted by Gasteiger charge is -2.32. The van der Waals surface area contributed by atoms with Crippen LogP contribution in [-0.2, 0) is 6.54 Å². The summed E-state index contributed by atoms with van der Waals surface area (Å²) in [4.78, 5) is 19.2. The van der Waals surface area contributed by atoms with Crippen LogP contribution in [0.4, 0.5) is 0 Å². The summed E-state index contributed by atoms with van der Waals surface area (Å²) in [6.07, 6.45) is 0. The van der Waals surface area contributed by atoms with Crippen molar-refractivity contribution in [3.8, 4) is 0 Å². The van der Waals surface area contributed by atoms with Crippen molar-refractivity contribution in [3.05, 3.63) is 40.4 Å². The van der Waals surface area contributed by atoms with Crippen LogP contribution in [-0.4, -0.2) is 37.1 Å². The number of hydrogen-bond donors (Lipinski definition) is 0. The average Bonchev–Trinajstić information content (AvgIpc) is 3.07. The Labute approximate surface area is 137 Å². The molecular weight excluding hydrogens is 310 g/mol. The van der Waals surface area contributed by atoms with Gasteiger partial charge in [-0.05, 0) is 39.0 Å². The Hall–Kier alpha value is -2.28. The first-order valence-electron chi connectivity index (χ1n) is 7.60. The van der Waals surface area contributed by atoms with E-state index in [1.54, 1.807) is 11.3 Å². The molecule has 118 valence electrons. The Balaban J connectivity index is 1.66. The molecule has 0 spiro atoms. The molecule has 0 fully saturated rings. The molecule has 0 bridgehead atoms. The Morgan fingerprint density at radius 2 is 2.13 bits per heavy atom. The highest BCUT2D eigenvalue weighted by atomic mass is 32.1. The molecule has 2 aromatic heterocycles. The number of nitrogens with zero attached hydrogens (tertiary/aromatic N) is 5. The maximum atomic E-state index is 12.9. The first-order chi connectivity index (χ1) is 11.0. The fourth-order valence-corrected chi connectivity index (χ4v) is 4.05. The minimum absolute atomic E-state index is 0.0244. The predicted octanol–water partition coefficient (Wildman–Crippen LogP) is 2.72. The SMILES string of the molecule is Cc1nc2cc(C(=O)N3Cc4nnc(C)n4[C@H](C)C3)ccc2s1. The van der Waals surface area contributed by atoms with Crippen LogP contribution in [0.5, 0.6) is 0 Å². The highest BCUT2D eigenvalue weighted by Crippen LogP contribution is 2.25. The van der Waals surface area contributed by atoms with Gasteiger partial charge in [0.1, 0.15) is 5.82 Å². The normalized spacial score (nSPS) is 17.5. The number of aromatic nitrogens is 4. The highest BCUT2D eigenvalue weighted by Gasteiger charge is 2.28. The van der Waals surface area contributed by atoms with Gasteiger partial charge in [-0.1, -0.05) is 0 Å². The summed E-state index contributed by atoms with van der Waals surface area (Å²) in [6, 6.07) is 5.93. The van der Waals surface area contributed by atoms with Crippen LogP contribution in [0.2, 0.25) is 0 Å². The van der Waals surface area contributed by atoms with Crippen molar-refractivity contribution in [3.63, 3.8) is 0 Å². The van der Waals surface area contributed by atoms with Crippen LogP contribution in [0.25, 0.3) is 10.2 Å². The van der Waals surface area contributed by atoms with Gasteiger partial charge in [-0.3, -0.25) is 4.79 Å². The number of thiazole rings is 1. The zero-order valence-corrected chi connectivity index (χ0v) is 14.1. The van der Waals surface area contributed by atoms with Gasteiger partial charge in [0.25, 0.3) is 5.91 Å². The molecule has 1 aliphatic heterocycles. The van der Waals surface area contributed by atoms with Gasteiger partial charge in [0, 0.05) is 12.1 Å². The van der Waals surface area contributed by atoms with Gasteiger partial charge in [-0.15, -0.1) is 21.5 Å². The van der Waals surface area contributed by atoms with E-state index in [9.17, 15) is 4.79 Å². The summed E-state index contributed by atoms with van der Waals surface area (Å²) in [5.74, 6) is 1.77. The van der Waals surface area contributed by atoms with Crippen LogP contribution in [0.1, 0.15) is 40.0 Å². The fourth-order valence-electron chi connectivity index (χ4n) is 3.24. The van der Waals surface area contributed by atoms with E-state index in [2.05, 4.69) is 26.7 Å². The second-order valence-electron chi connectivity index (χ2n) is 5.98. The number of fused-ring (bicyclic) bond motifs is 2. The van der Waals surface area contributed by atoms with Crippen LogP contribution in [0.15, 0.2) is 18.2 Å². The zero-order valence-electron chi connectivity index (χ0n) is 13.3. The molecule has 0 saturated heterocycles. The second-order valence-corrected chi connectivity index (χ2v) is 7.22. The fraction of sp³-hybridized carbons (Fsp3) is 0.375. The largest absolute Gasteiger partial charge is 0.329 e. The molecule has 0 unspecified atom stereocenters. The quantitative estimate of drug-likeness (QED) is 0.689. The van der Waals surface area contributed by atoms with Crippen LogP contribution < -0.4 is 0 Å². The summed E-state index contributed by atoms with van der Waals surface area (Å²) in [5.41, 5.74) is 1.57.